The molecular formula is C16H13BrClN3. The van der Waals surface area contributed by atoms with Crippen LogP contribution < -0.4 is 5.32 Å². The lowest BCUT2D eigenvalue weighted by atomic mass is 10.2. The molecule has 1 aromatic heterocycles. The molecule has 0 aliphatic carbocycles. The second-order valence-electron chi connectivity index (χ2n) is 4.60. The number of hydrogen-bond donors (Lipinski definition) is 1. The molecule has 0 saturated heterocycles. The van der Waals surface area contributed by atoms with Gasteiger partial charge in [0, 0.05) is 29.1 Å². The van der Waals surface area contributed by atoms with Crippen molar-refractivity contribution in [3.63, 3.8) is 0 Å². The summed E-state index contributed by atoms with van der Waals surface area (Å²) in [6.45, 7) is 0.757. The van der Waals surface area contributed by atoms with Gasteiger partial charge in [-0.2, -0.15) is 5.10 Å². The number of halogens is 2. The molecule has 0 unspecified atom stereocenters. The first kappa shape index (κ1) is 14.2. The summed E-state index contributed by atoms with van der Waals surface area (Å²) >= 11 is 9.40. The van der Waals surface area contributed by atoms with Crippen molar-refractivity contribution >= 4 is 33.2 Å². The van der Waals surface area contributed by atoms with E-state index in [-0.39, 0.29) is 0 Å². The zero-order valence-corrected chi connectivity index (χ0v) is 13.5. The summed E-state index contributed by atoms with van der Waals surface area (Å²) in [5.74, 6) is 0. The normalized spacial score (nSPS) is 10.6. The fraction of sp³-hybridized carbons (Fsp3) is 0.0625. The fourth-order valence-electron chi connectivity index (χ4n) is 2.00. The van der Waals surface area contributed by atoms with E-state index in [0.29, 0.717) is 5.02 Å². The summed E-state index contributed by atoms with van der Waals surface area (Å²) in [6.07, 6.45) is 3.70. The van der Waals surface area contributed by atoms with Crippen LogP contribution in [0, 0.1) is 0 Å². The quantitative estimate of drug-likeness (QED) is 0.715. The highest BCUT2D eigenvalue weighted by Crippen LogP contribution is 2.25. The van der Waals surface area contributed by atoms with Gasteiger partial charge in [-0.25, -0.2) is 4.68 Å². The first-order valence-electron chi connectivity index (χ1n) is 6.50. The Labute approximate surface area is 136 Å². The molecule has 21 heavy (non-hydrogen) atoms. The van der Waals surface area contributed by atoms with Crippen molar-refractivity contribution in [1.29, 1.82) is 0 Å². The highest BCUT2D eigenvalue weighted by Gasteiger charge is 2.00. The maximum Gasteiger partial charge on any atom is 0.0645 e. The second kappa shape index (κ2) is 6.33. The smallest absolute Gasteiger partial charge is 0.0645 e. The van der Waals surface area contributed by atoms with Crippen LogP contribution in [0.15, 0.2) is 65.4 Å². The number of nitrogens with zero attached hydrogens (tertiary/aromatic N) is 2. The zero-order valence-electron chi connectivity index (χ0n) is 11.1. The van der Waals surface area contributed by atoms with Crippen molar-refractivity contribution in [3.8, 4) is 5.69 Å². The van der Waals surface area contributed by atoms with E-state index in [0.717, 1.165) is 22.4 Å². The van der Waals surface area contributed by atoms with Gasteiger partial charge in [0.25, 0.3) is 0 Å². The fourth-order valence-corrected chi connectivity index (χ4v) is 2.49. The average Bonchev–Trinajstić information content (AvgIpc) is 3.03. The lowest BCUT2D eigenvalue weighted by Gasteiger charge is -2.08. The first-order valence-corrected chi connectivity index (χ1v) is 7.67. The Morgan fingerprint density at radius 1 is 1.14 bits per heavy atom. The Bertz CT molecular complexity index is 724. The third kappa shape index (κ3) is 3.46. The van der Waals surface area contributed by atoms with Crippen molar-refractivity contribution in [2.45, 2.75) is 6.54 Å². The lowest BCUT2D eigenvalue weighted by Crippen LogP contribution is -2.00. The monoisotopic (exact) mass is 361 g/mol. The zero-order chi connectivity index (χ0) is 14.7. The summed E-state index contributed by atoms with van der Waals surface area (Å²) in [7, 11) is 0. The molecule has 106 valence electrons. The number of rotatable bonds is 4. The van der Waals surface area contributed by atoms with Gasteiger partial charge in [-0.15, -0.1) is 0 Å². The molecule has 2 aromatic carbocycles. The van der Waals surface area contributed by atoms with Crippen LogP contribution in [-0.2, 0) is 6.54 Å². The first-order chi connectivity index (χ1) is 10.2. The summed E-state index contributed by atoms with van der Waals surface area (Å²) in [5.41, 5.74) is 3.29. The Morgan fingerprint density at radius 2 is 1.95 bits per heavy atom. The average molecular weight is 363 g/mol. The number of anilines is 1. The molecule has 0 bridgehead atoms. The molecule has 0 aliphatic heterocycles. The third-order valence-electron chi connectivity index (χ3n) is 3.12. The molecule has 1 N–H and O–H groups in total. The van der Waals surface area contributed by atoms with Crippen LogP contribution in [0.5, 0.6) is 0 Å². The van der Waals surface area contributed by atoms with Gasteiger partial charge in [-0.1, -0.05) is 23.7 Å². The molecule has 1 heterocycles. The molecule has 0 saturated carbocycles. The van der Waals surface area contributed by atoms with E-state index >= 15 is 0 Å². The largest absolute Gasteiger partial charge is 0.381 e. The predicted molar refractivity (Wildman–Crippen MR) is 90.0 cm³/mol. The van der Waals surface area contributed by atoms with Gasteiger partial charge >= 0.3 is 0 Å². The van der Waals surface area contributed by atoms with Crippen molar-refractivity contribution in [3.05, 3.63) is 76.0 Å². The van der Waals surface area contributed by atoms with Crippen LogP contribution in [0.2, 0.25) is 5.02 Å². The van der Waals surface area contributed by atoms with Crippen LogP contribution in [-0.4, -0.2) is 9.78 Å². The molecule has 5 heteroatoms. The van der Waals surface area contributed by atoms with Crippen molar-refractivity contribution < 1.29 is 0 Å². The van der Waals surface area contributed by atoms with Crippen molar-refractivity contribution in [2.24, 2.45) is 0 Å². The maximum absolute atomic E-state index is 5.98. The van der Waals surface area contributed by atoms with Gasteiger partial charge in [0.05, 0.1) is 10.7 Å². The summed E-state index contributed by atoms with van der Waals surface area (Å²) in [6, 6.07) is 16.0. The van der Waals surface area contributed by atoms with Gasteiger partial charge in [0.1, 0.15) is 0 Å². The highest BCUT2D eigenvalue weighted by atomic mass is 79.9. The lowest BCUT2D eigenvalue weighted by molar-refractivity contribution is 0.879. The Morgan fingerprint density at radius 3 is 2.62 bits per heavy atom. The van der Waals surface area contributed by atoms with Gasteiger partial charge in [0.2, 0.25) is 0 Å². The topological polar surface area (TPSA) is 29.9 Å². The van der Waals surface area contributed by atoms with Crippen LogP contribution in [0.1, 0.15) is 5.56 Å². The summed E-state index contributed by atoms with van der Waals surface area (Å²) < 4.78 is 2.73. The molecular weight excluding hydrogens is 350 g/mol. The van der Waals surface area contributed by atoms with Crippen LogP contribution >= 0.6 is 27.5 Å². The molecule has 0 aliphatic rings. The Hall–Kier alpha value is -1.78. The number of aromatic nitrogens is 2. The number of hydrogen-bond acceptors (Lipinski definition) is 2. The third-order valence-corrected chi connectivity index (χ3v) is 4.34. The standard InChI is InChI=1S/C16H13BrClN3/c17-15-10-13(4-7-16(15)18)19-11-12-2-5-14(6-3-12)21-9-1-8-20-21/h1-10,19H,11H2. The van der Waals surface area contributed by atoms with E-state index in [4.69, 9.17) is 11.6 Å². The minimum absolute atomic E-state index is 0.712. The van der Waals surface area contributed by atoms with E-state index in [9.17, 15) is 0 Å². The number of nitrogens with one attached hydrogen (secondary N) is 1. The minimum atomic E-state index is 0.712. The Kier molecular flexibility index (Phi) is 4.27. The molecule has 0 amide bonds. The SMILES string of the molecule is Clc1ccc(NCc2ccc(-n3cccn3)cc2)cc1Br. The molecule has 3 nitrogen and oxygen atoms in total. The van der Waals surface area contributed by atoms with Gasteiger partial charge in [-0.05, 0) is 57.9 Å². The summed E-state index contributed by atoms with van der Waals surface area (Å²) in [5, 5.41) is 8.30. The van der Waals surface area contributed by atoms with E-state index in [1.807, 2.05) is 35.1 Å². The van der Waals surface area contributed by atoms with Crippen LogP contribution in [0.3, 0.4) is 0 Å². The molecule has 0 spiro atoms. The van der Waals surface area contributed by atoms with Gasteiger partial charge in [-0.3, -0.25) is 0 Å². The predicted octanol–water partition coefficient (Wildman–Crippen LogP) is 4.90. The van der Waals surface area contributed by atoms with Crippen LogP contribution in [0.25, 0.3) is 5.69 Å². The van der Waals surface area contributed by atoms with Crippen molar-refractivity contribution in [2.75, 3.05) is 5.32 Å². The Balaban J connectivity index is 1.66. The minimum Gasteiger partial charge on any atom is -0.381 e. The van der Waals surface area contributed by atoms with Crippen molar-refractivity contribution in [1.82, 2.24) is 9.78 Å². The molecule has 3 aromatic rings. The molecule has 0 atom stereocenters. The van der Waals surface area contributed by atoms with E-state index in [1.165, 1.54) is 5.56 Å². The summed E-state index contributed by atoms with van der Waals surface area (Å²) in [4.78, 5) is 0. The van der Waals surface area contributed by atoms with Crippen LogP contribution in [0.4, 0.5) is 5.69 Å². The second-order valence-corrected chi connectivity index (χ2v) is 5.86. The molecule has 3 rings (SSSR count). The number of benzene rings is 2. The molecule has 0 fully saturated rings. The van der Waals surface area contributed by atoms with Gasteiger partial charge in [0.15, 0.2) is 0 Å². The van der Waals surface area contributed by atoms with E-state index in [2.05, 4.69) is 50.6 Å². The molecule has 0 radical (unpaired) electrons. The van der Waals surface area contributed by atoms with Gasteiger partial charge < -0.3 is 5.32 Å². The van der Waals surface area contributed by atoms with E-state index < -0.39 is 0 Å². The maximum atomic E-state index is 5.98. The van der Waals surface area contributed by atoms with E-state index in [1.54, 1.807) is 6.20 Å². The highest BCUT2D eigenvalue weighted by molar-refractivity contribution is 9.10.